The molecule has 0 aliphatic heterocycles. The molecule has 148 valence electrons. The van der Waals surface area contributed by atoms with Crippen molar-refractivity contribution < 1.29 is 14.3 Å². The quantitative estimate of drug-likeness (QED) is 0.667. The number of carbonyl (C=O) groups is 2. The Bertz CT molecular complexity index is 669. The number of hydrogen-bond acceptors (Lipinski definition) is 3. The second-order valence-corrected chi connectivity index (χ2v) is 8.97. The van der Waals surface area contributed by atoms with E-state index in [1.54, 1.807) is 0 Å². The van der Waals surface area contributed by atoms with Crippen molar-refractivity contribution in [1.82, 2.24) is 0 Å². The third-order valence-electron chi connectivity index (χ3n) is 6.31. The van der Waals surface area contributed by atoms with Gasteiger partial charge in [0.25, 0.3) is 5.91 Å². The van der Waals surface area contributed by atoms with Gasteiger partial charge in [-0.25, -0.2) is 0 Å². The Morgan fingerprint density at radius 3 is 2.26 bits per heavy atom. The number of esters is 1. The standard InChI is InChI=1S/C23H33NO3/c1-14(2)19-6-5-7-20(15(3)4)23(19)24-21(25)13-27-22(26)12-18-11-16-8-9-17(18)10-16/h5-7,14-18H,8-13H2,1-4H3,(H,24,25)/t16-,17+,18-/m0/s1. The summed E-state index contributed by atoms with van der Waals surface area (Å²) >= 11 is 0. The van der Waals surface area contributed by atoms with E-state index in [1.807, 2.05) is 18.2 Å². The van der Waals surface area contributed by atoms with E-state index in [1.165, 1.54) is 19.3 Å². The lowest BCUT2D eigenvalue weighted by atomic mass is 9.86. The number of nitrogens with one attached hydrogen (secondary N) is 1. The summed E-state index contributed by atoms with van der Waals surface area (Å²) < 4.78 is 5.30. The van der Waals surface area contributed by atoms with Crippen molar-refractivity contribution in [3.8, 4) is 0 Å². The van der Waals surface area contributed by atoms with Gasteiger partial charge in [-0.2, -0.15) is 0 Å². The van der Waals surface area contributed by atoms with Gasteiger partial charge in [-0.05, 0) is 60.0 Å². The topological polar surface area (TPSA) is 55.4 Å². The molecule has 0 radical (unpaired) electrons. The van der Waals surface area contributed by atoms with Gasteiger partial charge in [-0.15, -0.1) is 0 Å². The van der Waals surface area contributed by atoms with Crippen LogP contribution >= 0.6 is 0 Å². The Morgan fingerprint density at radius 1 is 1.07 bits per heavy atom. The average molecular weight is 372 g/mol. The summed E-state index contributed by atoms with van der Waals surface area (Å²) in [5.74, 6) is 2.10. The lowest BCUT2D eigenvalue weighted by Gasteiger charge is -2.21. The third-order valence-corrected chi connectivity index (χ3v) is 6.31. The normalized spacial score (nSPS) is 23.9. The number of fused-ring (bicyclic) bond motifs is 2. The Kier molecular flexibility index (Phi) is 6.23. The Hall–Kier alpha value is -1.84. The molecular weight excluding hydrogens is 338 g/mol. The molecule has 3 rings (SSSR count). The molecule has 4 nitrogen and oxygen atoms in total. The summed E-state index contributed by atoms with van der Waals surface area (Å²) in [6.07, 6.45) is 5.49. The first-order valence-corrected chi connectivity index (χ1v) is 10.4. The minimum atomic E-state index is -0.258. The van der Waals surface area contributed by atoms with E-state index < -0.39 is 0 Å². The van der Waals surface area contributed by atoms with Crippen molar-refractivity contribution in [3.63, 3.8) is 0 Å². The Labute approximate surface area is 163 Å². The van der Waals surface area contributed by atoms with Crippen LogP contribution in [0.15, 0.2) is 18.2 Å². The predicted molar refractivity (Wildman–Crippen MR) is 108 cm³/mol. The van der Waals surface area contributed by atoms with E-state index in [2.05, 4.69) is 33.0 Å². The van der Waals surface area contributed by atoms with Crippen LogP contribution in [0.2, 0.25) is 0 Å². The summed E-state index contributed by atoms with van der Waals surface area (Å²) in [6.45, 7) is 8.26. The molecule has 1 aromatic carbocycles. The van der Waals surface area contributed by atoms with Crippen LogP contribution in [-0.4, -0.2) is 18.5 Å². The molecule has 2 aliphatic carbocycles. The van der Waals surface area contributed by atoms with Crippen LogP contribution in [0.25, 0.3) is 0 Å². The Balaban J connectivity index is 1.55. The molecule has 27 heavy (non-hydrogen) atoms. The fraction of sp³-hybridized carbons (Fsp3) is 0.652. The van der Waals surface area contributed by atoms with Gasteiger partial charge in [0.1, 0.15) is 0 Å². The number of hydrogen-bond donors (Lipinski definition) is 1. The monoisotopic (exact) mass is 371 g/mol. The fourth-order valence-corrected chi connectivity index (χ4v) is 4.92. The summed E-state index contributed by atoms with van der Waals surface area (Å²) in [6, 6.07) is 6.14. The highest BCUT2D eigenvalue weighted by Crippen LogP contribution is 2.49. The summed E-state index contributed by atoms with van der Waals surface area (Å²) in [5, 5.41) is 3.00. The summed E-state index contributed by atoms with van der Waals surface area (Å²) in [7, 11) is 0. The molecule has 3 atom stereocenters. The van der Waals surface area contributed by atoms with E-state index in [0.29, 0.717) is 30.1 Å². The van der Waals surface area contributed by atoms with Gasteiger partial charge in [-0.1, -0.05) is 52.3 Å². The lowest BCUT2D eigenvalue weighted by Crippen LogP contribution is -2.24. The minimum Gasteiger partial charge on any atom is -0.456 e. The van der Waals surface area contributed by atoms with Gasteiger partial charge in [0.05, 0.1) is 0 Å². The molecule has 1 aromatic rings. The zero-order chi connectivity index (χ0) is 19.6. The molecule has 0 unspecified atom stereocenters. The first-order valence-electron chi connectivity index (χ1n) is 10.4. The summed E-state index contributed by atoms with van der Waals surface area (Å²) in [4.78, 5) is 24.6. The zero-order valence-electron chi connectivity index (χ0n) is 17.1. The van der Waals surface area contributed by atoms with Gasteiger partial charge in [0.15, 0.2) is 6.61 Å². The average Bonchev–Trinajstić information content (AvgIpc) is 3.22. The van der Waals surface area contributed by atoms with Crippen LogP contribution in [0.5, 0.6) is 0 Å². The maximum absolute atomic E-state index is 12.4. The lowest BCUT2D eigenvalue weighted by molar-refractivity contribution is -0.148. The summed E-state index contributed by atoms with van der Waals surface area (Å²) in [5.41, 5.74) is 3.10. The highest BCUT2D eigenvalue weighted by molar-refractivity contribution is 5.94. The van der Waals surface area contributed by atoms with Gasteiger partial charge in [-0.3, -0.25) is 9.59 Å². The van der Waals surface area contributed by atoms with Gasteiger partial charge >= 0.3 is 5.97 Å². The molecule has 0 saturated heterocycles. The molecule has 0 aromatic heterocycles. The van der Waals surface area contributed by atoms with Gasteiger partial charge < -0.3 is 10.1 Å². The number of para-hydroxylation sites is 1. The van der Waals surface area contributed by atoms with E-state index >= 15 is 0 Å². The highest BCUT2D eigenvalue weighted by Gasteiger charge is 2.40. The van der Waals surface area contributed by atoms with E-state index in [-0.39, 0.29) is 18.5 Å². The van der Waals surface area contributed by atoms with Crippen molar-refractivity contribution in [3.05, 3.63) is 29.3 Å². The van der Waals surface area contributed by atoms with Gasteiger partial charge in [0.2, 0.25) is 0 Å². The molecule has 1 amide bonds. The second kappa shape index (κ2) is 8.45. The first kappa shape index (κ1) is 19.9. The molecule has 0 heterocycles. The van der Waals surface area contributed by atoms with Crippen molar-refractivity contribution in [1.29, 1.82) is 0 Å². The maximum atomic E-state index is 12.4. The number of benzene rings is 1. The SMILES string of the molecule is CC(C)c1cccc(C(C)C)c1NC(=O)COC(=O)C[C@@H]1C[C@H]2CC[C@@H]1C2. The van der Waals surface area contributed by atoms with Crippen LogP contribution in [0, 0.1) is 17.8 Å². The van der Waals surface area contributed by atoms with Crippen LogP contribution in [0.1, 0.15) is 82.8 Å². The van der Waals surface area contributed by atoms with Crippen molar-refractivity contribution >= 4 is 17.6 Å². The first-order chi connectivity index (χ1) is 12.8. The van der Waals surface area contributed by atoms with Gasteiger partial charge in [0, 0.05) is 12.1 Å². The van der Waals surface area contributed by atoms with Crippen molar-refractivity contribution in [2.75, 3.05) is 11.9 Å². The van der Waals surface area contributed by atoms with Crippen molar-refractivity contribution in [2.24, 2.45) is 17.8 Å². The van der Waals surface area contributed by atoms with E-state index in [9.17, 15) is 9.59 Å². The fourth-order valence-electron chi connectivity index (χ4n) is 4.92. The second-order valence-electron chi connectivity index (χ2n) is 8.97. The smallest absolute Gasteiger partial charge is 0.306 e. The molecule has 2 aliphatic rings. The molecule has 4 heteroatoms. The Morgan fingerprint density at radius 2 is 1.74 bits per heavy atom. The largest absolute Gasteiger partial charge is 0.456 e. The van der Waals surface area contributed by atoms with Crippen LogP contribution in [0.4, 0.5) is 5.69 Å². The molecule has 2 fully saturated rings. The molecule has 2 saturated carbocycles. The van der Waals surface area contributed by atoms with Crippen LogP contribution < -0.4 is 5.32 Å². The number of rotatable bonds is 7. The van der Waals surface area contributed by atoms with Crippen molar-refractivity contribution in [2.45, 2.75) is 71.6 Å². The van der Waals surface area contributed by atoms with E-state index in [4.69, 9.17) is 4.74 Å². The third kappa shape index (κ3) is 4.72. The number of amides is 1. The molecule has 0 spiro atoms. The zero-order valence-corrected chi connectivity index (χ0v) is 17.1. The molecular formula is C23H33NO3. The molecule has 2 bridgehead atoms. The maximum Gasteiger partial charge on any atom is 0.306 e. The van der Waals surface area contributed by atoms with Crippen LogP contribution in [-0.2, 0) is 14.3 Å². The molecule has 1 N–H and O–H groups in total. The minimum absolute atomic E-state index is 0.205. The number of ether oxygens (including phenoxy) is 1. The highest BCUT2D eigenvalue weighted by atomic mass is 16.5. The predicted octanol–water partition coefficient (Wildman–Crippen LogP) is 5.24. The number of carbonyl (C=O) groups excluding carboxylic acids is 2. The number of anilines is 1. The van der Waals surface area contributed by atoms with Crippen LogP contribution in [0.3, 0.4) is 0 Å². The van der Waals surface area contributed by atoms with E-state index in [0.717, 1.165) is 29.2 Å².